The van der Waals surface area contributed by atoms with Crippen LogP contribution in [0.4, 0.5) is 4.39 Å². The standard InChI is InChI=1S/C17H17BrFN/c1-11(12-4-2-5-13(18)10-12)20-17-9-8-14-15(17)6-3-7-16(14)19/h2-7,10-11,17,20H,8-9H2,1H3. The van der Waals surface area contributed by atoms with Crippen LogP contribution in [-0.2, 0) is 6.42 Å². The van der Waals surface area contributed by atoms with Crippen molar-refractivity contribution < 1.29 is 4.39 Å². The summed E-state index contributed by atoms with van der Waals surface area (Å²) in [5, 5.41) is 3.62. The van der Waals surface area contributed by atoms with E-state index in [9.17, 15) is 4.39 Å². The third-order valence-electron chi connectivity index (χ3n) is 4.01. The van der Waals surface area contributed by atoms with Gasteiger partial charge in [0, 0.05) is 16.6 Å². The van der Waals surface area contributed by atoms with Gasteiger partial charge in [0.15, 0.2) is 0 Å². The SMILES string of the molecule is CC(NC1CCc2c(F)cccc21)c1cccc(Br)c1. The molecule has 0 amide bonds. The van der Waals surface area contributed by atoms with Gasteiger partial charge in [-0.3, -0.25) is 0 Å². The van der Waals surface area contributed by atoms with Crippen LogP contribution in [0.2, 0.25) is 0 Å². The van der Waals surface area contributed by atoms with Crippen LogP contribution in [0.1, 0.15) is 42.1 Å². The molecule has 0 saturated heterocycles. The first-order valence-corrected chi connectivity index (χ1v) is 7.73. The van der Waals surface area contributed by atoms with Gasteiger partial charge in [0.25, 0.3) is 0 Å². The molecule has 1 aliphatic carbocycles. The molecule has 3 heteroatoms. The Labute approximate surface area is 127 Å². The maximum Gasteiger partial charge on any atom is 0.126 e. The van der Waals surface area contributed by atoms with Crippen molar-refractivity contribution in [2.45, 2.75) is 31.8 Å². The molecule has 20 heavy (non-hydrogen) atoms. The quantitative estimate of drug-likeness (QED) is 0.839. The number of halogens is 2. The van der Waals surface area contributed by atoms with Gasteiger partial charge in [-0.1, -0.05) is 40.2 Å². The van der Waals surface area contributed by atoms with Crippen LogP contribution in [0.3, 0.4) is 0 Å². The van der Waals surface area contributed by atoms with Crippen LogP contribution in [0.15, 0.2) is 46.9 Å². The van der Waals surface area contributed by atoms with Gasteiger partial charge in [-0.15, -0.1) is 0 Å². The summed E-state index contributed by atoms with van der Waals surface area (Å²) in [6.45, 7) is 2.15. The molecule has 0 aromatic heterocycles. The van der Waals surface area contributed by atoms with Gasteiger partial charge in [-0.25, -0.2) is 4.39 Å². The second-order valence-electron chi connectivity index (χ2n) is 5.34. The highest BCUT2D eigenvalue weighted by molar-refractivity contribution is 9.10. The first-order chi connectivity index (χ1) is 9.65. The van der Waals surface area contributed by atoms with Crippen molar-refractivity contribution in [3.63, 3.8) is 0 Å². The largest absolute Gasteiger partial charge is 0.303 e. The molecule has 1 nitrogen and oxygen atoms in total. The van der Waals surface area contributed by atoms with Crippen molar-refractivity contribution in [1.82, 2.24) is 5.32 Å². The maximum atomic E-state index is 13.7. The number of nitrogens with one attached hydrogen (secondary N) is 1. The minimum absolute atomic E-state index is 0.0677. The van der Waals surface area contributed by atoms with E-state index in [0.717, 1.165) is 28.4 Å². The third-order valence-corrected chi connectivity index (χ3v) is 4.51. The van der Waals surface area contributed by atoms with Crippen LogP contribution in [0.25, 0.3) is 0 Å². The lowest BCUT2D eigenvalue weighted by Crippen LogP contribution is -2.23. The van der Waals surface area contributed by atoms with E-state index >= 15 is 0 Å². The lowest BCUT2D eigenvalue weighted by atomic mass is 10.0. The summed E-state index contributed by atoms with van der Waals surface area (Å²) < 4.78 is 14.8. The number of hydrogen-bond donors (Lipinski definition) is 1. The first-order valence-electron chi connectivity index (χ1n) is 6.94. The smallest absolute Gasteiger partial charge is 0.126 e. The predicted molar refractivity (Wildman–Crippen MR) is 83.2 cm³/mol. The van der Waals surface area contributed by atoms with Gasteiger partial charge < -0.3 is 5.32 Å². The van der Waals surface area contributed by atoms with E-state index in [1.807, 2.05) is 18.2 Å². The van der Waals surface area contributed by atoms with Gasteiger partial charge >= 0.3 is 0 Å². The molecule has 0 fully saturated rings. The Hall–Kier alpha value is -1.19. The number of fused-ring (bicyclic) bond motifs is 1. The zero-order valence-electron chi connectivity index (χ0n) is 11.4. The van der Waals surface area contributed by atoms with E-state index in [2.05, 4.69) is 40.3 Å². The molecule has 1 aliphatic rings. The number of benzene rings is 2. The summed E-state index contributed by atoms with van der Waals surface area (Å²) in [6.07, 6.45) is 1.79. The molecule has 3 rings (SSSR count). The average Bonchev–Trinajstić information content (AvgIpc) is 2.83. The first kappa shape index (κ1) is 13.8. The number of hydrogen-bond acceptors (Lipinski definition) is 1. The lowest BCUT2D eigenvalue weighted by molar-refractivity contribution is 0.465. The van der Waals surface area contributed by atoms with Gasteiger partial charge in [-0.05, 0) is 54.7 Å². The molecule has 0 radical (unpaired) electrons. The maximum absolute atomic E-state index is 13.7. The fraction of sp³-hybridized carbons (Fsp3) is 0.294. The van der Waals surface area contributed by atoms with Crippen molar-refractivity contribution in [1.29, 1.82) is 0 Å². The molecule has 104 valence electrons. The van der Waals surface area contributed by atoms with Crippen LogP contribution < -0.4 is 5.32 Å². The zero-order valence-corrected chi connectivity index (χ0v) is 13.0. The Kier molecular flexibility index (Phi) is 3.90. The van der Waals surface area contributed by atoms with Gasteiger partial charge in [-0.2, -0.15) is 0 Å². The van der Waals surface area contributed by atoms with Crippen LogP contribution in [0, 0.1) is 5.82 Å². The van der Waals surface area contributed by atoms with E-state index in [-0.39, 0.29) is 17.9 Å². The minimum atomic E-state index is -0.0677. The molecule has 2 aromatic carbocycles. The molecule has 0 saturated carbocycles. The fourth-order valence-corrected chi connectivity index (χ4v) is 3.37. The topological polar surface area (TPSA) is 12.0 Å². The summed E-state index contributed by atoms with van der Waals surface area (Å²) in [4.78, 5) is 0. The molecular weight excluding hydrogens is 317 g/mol. The molecule has 2 atom stereocenters. The Morgan fingerprint density at radius 3 is 2.85 bits per heavy atom. The normalized spacial score (nSPS) is 18.9. The lowest BCUT2D eigenvalue weighted by Gasteiger charge is -2.21. The van der Waals surface area contributed by atoms with E-state index in [4.69, 9.17) is 0 Å². The van der Waals surface area contributed by atoms with Crippen molar-refractivity contribution in [3.05, 3.63) is 69.4 Å². The van der Waals surface area contributed by atoms with Crippen LogP contribution in [0.5, 0.6) is 0 Å². The van der Waals surface area contributed by atoms with Crippen molar-refractivity contribution >= 4 is 15.9 Å². The molecule has 0 bridgehead atoms. The van der Waals surface area contributed by atoms with Crippen molar-refractivity contribution in [3.8, 4) is 0 Å². The third kappa shape index (κ3) is 2.65. The highest BCUT2D eigenvalue weighted by atomic mass is 79.9. The summed E-state index contributed by atoms with van der Waals surface area (Å²) in [7, 11) is 0. The zero-order chi connectivity index (χ0) is 14.1. The Balaban J connectivity index is 1.79. The predicted octanol–water partition coefficient (Wildman–Crippen LogP) is 4.93. The summed E-state index contributed by atoms with van der Waals surface area (Å²) in [5.74, 6) is -0.0677. The van der Waals surface area contributed by atoms with E-state index in [1.165, 1.54) is 5.56 Å². The average molecular weight is 334 g/mol. The van der Waals surface area contributed by atoms with Crippen LogP contribution in [-0.4, -0.2) is 0 Å². The monoisotopic (exact) mass is 333 g/mol. The molecule has 2 aromatic rings. The Morgan fingerprint density at radius 2 is 2.05 bits per heavy atom. The van der Waals surface area contributed by atoms with Crippen molar-refractivity contribution in [2.24, 2.45) is 0 Å². The van der Waals surface area contributed by atoms with Gasteiger partial charge in [0.05, 0.1) is 0 Å². The highest BCUT2D eigenvalue weighted by Crippen LogP contribution is 2.34. The Bertz CT molecular complexity index is 626. The van der Waals surface area contributed by atoms with E-state index in [0.29, 0.717) is 0 Å². The summed E-state index contributed by atoms with van der Waals surface area (Å²) in [5.41, 5.74) is 3.24. The fourth-order valence-electron chi connectivity index (χ4n) is 2.96. The number of rotatable bonds is 3. The van der Waals surface area contributed by atoms with Gasteiger partial charge in [0.1, 0.15) is 5.82 Å². The summed E-state index contributed by atoms with van der Waals surface area (Å²) in [6, 6.07) is 14.2. The Morgan fingerprint density at radius 1 is 1.25 bits per heavy atom. The molecule has 2 unspecified atom stereocenters. The van der Waals surface area contributed by atoms with Crippen molar-refractivity contribution in [2.75, 3.05) is 0 Å². The molecule has 0 spiro atoms. The van der Waals surface area contributed by atoms with E-state index in [1.54, 1.807) is 12.1 Å². The molecular formula is C17H17BrFN. The molecule has 1 N–H and O–H groups in total. The minimum Gasteiger partial charge on any atom is -0.303 e. The highest BCUT2D eigenvalue weighted by Gasteiger charge is 2.25. The second kappa shape index (κ2) is 5.66. The van der Waals surface area contributed by atoms with Gasteiger partial charge in [0.2, 0.25) is 0 Å². The summed E-state index contributed by atoms with van der Waals surface area (Å²) >= 11 is 3.50. The van der Waals surface area contributed by atoms with E-state index < -0.39 is 0 Å². The second-order valence-corrected chi connectivity index (χ2v) is 6.26. The molecule has 0 aliphatic heterocycles. The van der Waals surface area contributed by atoms with Crippen LogP contribution >= 0.6 is 15.9 Å². The molecule has 0 heterocycles.